The Kier molecular flexibility index (Phi) is 5.43. The minimum Gasteiger partial charge on any atom is -0.481 e. The minimum atomic E-state index is -3.75. The molecule has 1 amide bonds. The number of hydrogen-bond donors (Lipinski definition) is 3. The lowest BCUT2D eigenvalue weighted by Gasteiger charge is -2.30. The zero-order chi connectivity index (χ0) is 17.1. The molecule has 1 fully saturated rings. The predicted octanol–water partition coefficient (Wildman–Crippen LogP) is 1.32. The summed E-state index contributed by atoms with van der Waals surface area (Å²) in [5.74, 6) is -1.48. The summed E-state index contributed by atoms with van der Waals surface area (Å²) in [5.41, 5.74) is -0.772. The van der Waals surface area contributed by atoms with E-state index in [-0.39, 0.29) is 10.6 Å². The molecule has 2 rings (SSSR count). The molecule has 1 aliphatic carbocycles. The van der Waals surface area contributed by atoms with E-state index >= 15 is 0 Å². The summed E-state index contributed by atoms with van der Waals surface area (Å²) in [4.78, 5) is 23.3. The Hall–Kier alpha value is -1.45. The Bertz CT molecular complexity index is 663. The summed E-state index contributed by atoms with van der Waals surface area (Å²) in [6, 6.07) is 2.10. The zero-order valence-corrected chi connectivity index (χ0v) is 14.4. The average molecular weight is 360 g/mol. The van der Waals surface area contributed by atoms with Crippen molar-refractivity contribution < 1.29 is 23.1 Å². The standard InChI is InChI=1S/C14H20N2O5S2/c1-10(16-23(20,21)12-5-4-8-22-12)13(19)15-14(9-11(17)18)6-2-3-7-14/h4-5,8,10,16H,2-3,6-7,9H2,1H3,(H,15,19)(H,17,18). The predicted molar refractivity (Wildman–Crippen MR) is 85.7 cm³/mol. The smallest absolute Gasteiger partial charge is 0.305 e. The fourth-order valence-electron chi connectivity index (χ4n) is 2.82. The molecule has 7 nitrogen and oxygen atoms in total. The Morgan fingerprint density at radius 1 is 1.39 bits per heavy atom. The molecule has 0 aromatic carbocycles. The van der Waals surface area contributed by atoms with Gasteiger partial charge in [0, 0.05) is 0 Å². The van der Waals surface area contributed by atoms with Gasteiger partial charge in [0.15, 0.2) is 0 Å². The Balaban J connectivity index is 2.03. The molecule has 128 valence electrons. The molecule has 0 saturated heterocycles. The van der Waals surface area contributed by atoms with Gasteiger partial charge in [-0.2, -0.15) is 4.72 Å². The lowest BCUT2D eigenvalue weighted by atomic mass is 9.93. The molecule has 9 heteroatoms. The van der Waals surface area contributed by atoms with Crippen molar-refractivity contribution >= 4 is 33.2 Å². The van der Waals surface area contributed by atoms with Gasteiger partial charge in [-0.3, -0.25) is 9.59 Å². The minimum absolute atomic E-state index is 0.137. The summed E-state index contributed by atoms with van der Waals surface area (Å²) in [5, 5.41) is 13.4. The van der Waals surface area contributed by atoms with Crippen LogP contribution < -0.4 is 10.0 Å². The number of nitrogens with one attached hydrogen (secondary N) is 2. The molecule has 0 spiro atoms. The highest BCUT2D eigenvalue weighted by Crippen LogP contribution is 2.32. The molecule has 1 aromatic heterocycles. The van der Waals surface area contributed by atoms with Crippen LogP contribution in [0.2, 0.25) is 0 Å². The van der Waals surface area contributed by atoms with Gasteiger partial charge >= 0.3 is 5.97 Å². The Morgan fingerprint density at radius 2 is 2.04 bits per heavy atom. The van der Waals surface area contributed by atoms with Crippen LogP contribution in [0.15, 0.2) is 21.7 Å². The molecule has 0 aliphatic heterocycles. The van der Waals surface area contributed by atoms with E-state index in [2.05, 4.69) is 10.0 Å². The van der Waals surface area contributed by atoms with Gasteiger partial charge < -0.3 is 10.4 Å². The maximum Gasteiger partial charge on any atom is 0.305 e. The fourth-order valence-corrected chi connectivity index (χ4v) is 5.03. The molecule has 1 unspecified atom stereocenters. The van der Waals surface area contributed by atoms with Crippen LogP contribution in [0.4, 0.5) is 0 Å². The molecule has 0 bridgehead atoms. The van der Waals surface area contributed by atoms with Crippen LogP contribution in [0.25, 0.3) is 0 Å². The van der Waals surface area contributed by atoms with E-state index in [1.165, 1.54) is 13.0 Å². The third-order valence-corrected chi connectivity index (χ3v) is 6.86. The molecule has 1 aromatic rings. The van der Waals surface area contributed by atoms with E-state index < -0.39 is 33.5 Å². The number of carbonyl (C=O) groups excluding carboxylic acids is 1. The van der Waals surface area contributed by atoms with E-state index in [4.69, 9.17) is 5.11 Å². The summed E-state index contributed by atoms with van der Waals surface area (Å²) in [6.45, 7) is 1.45. The van der Waals surface area contributed by atoms with Gasteiger partial charge in [-0.1, -0.05) is 18.9 Å². The molecule has 0 radical (unpaired) electrons. The lowest BCUT2D eigenvalue weighted by molar-refractivity contribution is -0.139. The first kappa shape index (κ1) is 17.9. The van der Waals surface area contributed by atoms with Gasteiger partial charge in [0.1, 0.15) is 4.21 Å². The maximum atomic E-state index is 12.3. The van der Waals surface area contributed by atoms with E-state index in [9.17, 15) is 18.0 Å². The largest absolute Gasteiger partial charge is 0.481 e. The third-order valence-electron chi connectivity index (χ3n) is 3.92. The number of thiophene rings is 1. The molecular formula is C14H20N2O5S2. The van der Waals surface area contributed by atoms with E-state index in [0.29, 0.717) is 12.8 Å². The molecule has 1 saturated carbocycles. The maximum absolute atomic E-state index is 12.3. The van der Waals surface area contributed by atoms with E-state index in [1.807, 2.05) is 0 Å². The van der Waals surface area contributed by atoms with Gasteiger partial charge in [0.25, 0.3) is 10.0 Å². The van der Waals surface area contributed by atoms with Crippen LogP contribution in [0.3, 0.4) is 0 Å². The number of rotatable bonds is 7. The molecule has 1 atom stereocenters. The van der Waals surface area contributed by atoms with Crippen LogP contribution >= 0.6 is 11.3 Å². The second kappa shape index (κ2) is 6.98. The average Bonchev–Trinajstić information content (AvgIpc) is 3.09. The van der Waals surface area contributed by atoms with Crippen LogP contribution in [0.5, 0.6) is 0 Å². The highest BCUT2D eigenvalue weighted by Gasteiger charge is 2.38. The molecule has 3 N–H and O–H groups in total. The SMILES string of the molecule is CC(NS(=O)(=O)c1cccs1)C(=O)NC1(CC(=O)O)CCCC1. The molecule has 23 heavy (non-hydrogen) atoms. The summed E-state index contributed by atoms with van der Waals surface area (Å²) < 4.78 is 26.7. The van der Waals surface area contributed by atoms with Gasteiger partial charge in [-0.25, -0.2) is 8.42 Å². The number of aliphatic carboxylic acids is 1. The summed E-state index contributed by atoms with van der Waals surface area (Å²) in [6.07, 6.45) is 2.74. The topological polar surface area (TPSA) is 113 Å². The van der Waals surface area contributed by atoms with Crippen molar-refractivity contribution in [3.63, 3.8) is 0 Å². The zero-order valence-electron chi connectivity index (χ0n) is 12.7. The Labute approximate surface area is 139 Å². The second-order valence-electron chi connectivity index (χ2n) is 5.82. The van der Waals surface area contributed by atoms with Crippen molar-refractivity contribution in [3.8, 4) is 0 Å². The van der Waals surface area contributed by atoms with Crippen molar-refractivity contribution in [2.24, 2.45) is 0 Å². The third kappa shape index (κ3) is 4.52. The highest BCUT2D eigenvalue weighted by molar-refractivity contribution is 7.91. The van der Waals surface area contributed by atoms with Crippen molar-refractivity contribution in [1.82, 2.24) is 10.0 Å². The lowest BCUT2D eigenvalue weighted by Crippen LogP contribution is -2.54. The van der Waals surface area contributed by atoms with Crippen LogP contribution in [0, 0.1) is 0 Å². The molecule has 1 aliphatic rings. The first-order valence-corrected chi connectivity index (χ1v) is 9.70. The summed E-state index contributed by atoms with van der Waals surface area (Å²) >= 11 is 1.06. The highest BCUT2D eigenvalue weighted by atomic mass is 32.2. The quantitative estimate of drug-likeness (QED) is 0.679. The number of hydrogen-bond acceptors (Lipinski definition) is 5. The molecular weight excluding hydrogens is 340 g/mol. The van der Waals surface area contributed by atoms with Crippen molar-refractivity contribution in [2.45, 2.75) is 54.8 Å². The van der Waals surface area contributed by atoms with Gasteiger partial charge in [0.05, 0.1) is 18.0 Å². The van der Waals surface area contributed by atoms with Gasteiger partial charge in [0.2, 0.25) is 5.91 Å². The van der Waals surface area contributed by atoms with Crippen LogP contribution in [-0.4, -0.2) is 37.0 Å². The van der Waals surface area contributed by atoms with Crippen molar-refractivity contribution in [1.29, 1.82) is 0 Å². The van der Waals surface area contributed by atoms with Gasteiger partial charge in [-0.05, 0) is 31.2 Å². The van der Waals surface area contributed by atoms with Crippen molar-refractivity contribution in [2.75, 3.05) is 0 Å². The fraction of sp³-hybridized carbons (Fsp3) is 0.571. The number of sulfonamides is 1. The monoisotopic (exact) mass is 360 g/mol. The Morgan fingerprint density at radius 3 is 2.57 bits per heavy atom. The number of carboxylic acids is 1. The van der Waals surface area contributed by atoms with Crippen molar-refractivity contribution in [3.05, 3.63) is 17.5 Å². The van der Waals surface area contributed by atoms with Gasteiger partial charge in [-0.15, -0.1) is 11.3 Å². The second-order valence-corrected chi connectivity index (χ2v) is 8.71. The van der Waals surface area contributed by atoms with E-state index in [1.54, 1.807) is 11.4 Å². The van der Waals surface area contributed by atoms with E-state index in [0.717, 1.165) is 24.2 Å². The number of amides is 1. The molecule has 1 heterocycles. The van der Waals surface area contributed by atoms with Crippen LogP contribution in [-0.2, 0) is 19.6 Å². The normalized spacial score (nSPS) is 18.5. The number of carboxylic acid groups (broad SMARTS) is 1. The summed E-state index contributed by atoms with van der Waals surface area (Å²) in [7, 11) is -3.75. The first-order valence-electron chi connectivity index (χ1n) is 7.34. The number of carbonyl (C=O) groups is 2. The first-order chi connectivity index (χ1) is 10.7. The van der Waals surface area contributed by atoms with Crippen LogP contribution in [0.1, 0.15) is 39.0 Å².